The van der Waals surface area contributed by atoms with Gasteiger partial charge in [-0.25, -0.2) is 9.97 Å². The summed E-state index contributed by atoms with van der Waals surface area (Å²) in [5.41, 5.74) is 3.97. The van der Waals surface area contributed by atoms with E-state index < -0.39 is 5.60 Å². The van der Waals surface area contributed by atoms with Crippen LogP contribution >= 0.6 is 0 Å². The quantitative estimate of drug-likeness (QED) is 0.447. The summed E-state index contributed by atoms with van der Waals surface area (Å²) < 4.78 is 1.87. The zero-order chi connectivity index (χ0) is 21.9. The van der Waals surface area contributed by atoms with Crippen molar-refractivity contribution in [1.29, 1.82) is 0 Å². The van der Waals surface area contributed by atoms with Gasteiger partial charge in [-0.3, -0.25) is 9.20 Å². The summed E-state index contributed by atoms with van der Waals surface area (Å²) in [5, 5.41) is 11.2. The smallest absolute Gasteiger partial charge is 0.274 e. The molecule has 5 aromatic rings. The second kappa shape index (κ2) is 6.87. The van der Waals surface area contributed by atoms with Gasteiger partial charge < -0.3 is 10.1 Å². The van der Waals surface area contributed by atoms with Gasteiger partial charge in [0.15, 0.2) is 0 Å². The highest BCUT2D eigenvalue weighted by atomic mass is 16.3. The number of nitrogens with one attached hydrogen (secondary N) is 1. The number of pyridine rings is 1. The molecule has 6 heteroatoms. The second-order valence-corrected chi connectivity index (χ2v) is 8.90. The number of aromatic nitrogens is 4. The number of aliphatic hydroxyl groups is 1. The Labute approximate surface area is 184 Å². The summed E-state index contributed by atoms with van der Waals surface area (Å²) in [5.74, 6) is 0.940. The molecule has 2 aromatic carbocycles. The van der Waals surface area contributed by atoms with E-state index in [9.17, 15) is 9.90 Å². The Bertz CT molecular complexity index is 1520. The fourth-order valence-electron chi connectivity index (χ4n) is 4.78. The zero-order valence-corrected chi connectivity index (χ0v) is 17.6. The zero-order valence-electron chi connectivity index (χ0n) is 17.6. The summed E-state index contributed by atoms with van der Waals surface area (Å²) >= 11 is 0. The Morgan fingerprint density at radius 1 is 1.03 bits per heavy atom. The molecule has 2 N–H and O–H groups in total. The van der Waals surface area contributed by atoms with E-state index in [0.29, 0.717) is 24.1 Å². The van der Waals surface area contributed by atoms with E-state index >= 15 is 0 Å². The van der Waals surface area contributed by atoms with E-state index in [1.165, 1.54) is 0 Å². The van der Waals surface area contributed by atoms with Crippen LogP contribution in [-0.2, 0) is 0 Å². The molecule has 1 aliphatic rings. The molecule has 0 saturated heterocycles. The molecule has 3 heterocycles. The van der Waals surface area contributed by atoms with Gasteiger partial charge in [-0.15, -0.1) is 0 Å². The summed E-state index contributed by atoms with van der Waals surface area (Å²) in [6.07, 6.45) is 4.74. The maximum Gasteiger partial charge on any atom is 0.274 e. The van der Waals surface area contributed by atoms with Crippen molar-refractivity contribution < 1.29 is 5.11 Å². The van der Waals surface area contributed by atoms with Crippen molar-refractivity contribution in [3.8, 4) is 22.5 Å². The Morgan fingerprint density at radius 3 is 2.59 bits per heavy atom. The first-order chi connectivity index (χ1) is 15.5. The average Bonchev–Trinajstić information content (AvgIpc) is 3.18. The van der Waals surface area contributed by atoms with Gasteiger partial charge in [-0.1, -0.05) is 48.5 Å². The predicted molar refractivity (Wildman–Crippen MR) is 125 cm³/mol. The van der Waals surface area contributed by atoms with E-state index in [-0.39, 0.29) is 11.5 Å². The molecule has 1 aliphatic carbocycles. The third kappa shape index (κ3) is 3.03. The lowest BCUT2D eigenvalue weighted by Gasteiger charge is -2.40. The number of imidazole rings is 1. The van der Waals surface area contributed by atoms with Gasteiger partial charge in [-0.05, 0) is 31.9 Å². The van der Waals surface area contributed by atoms with Gasteiger partial charge in [0.25, 0.3) is 5.56 Å². The Morgan fingerprint density at radius 2 is 1.81 bits per heavy atom. The standard InChI is InChI=1S/C26H22N4O2/c1-26(32)14-19(15-26)24-29-22(23-25(31)27-11-12-30(23)24)18-8-7-17-9-10-20(28-21(17)13-18)16-5-3-2-4-6-16/h2-13,19,32H,14-15H2,1H3,(H,27,31). The van der Waals surface area contributed by atoms with Gasteiger partial charge in [0.1, 0.15) is 17.0 Å². The Kier molecular flexibility index (Phi) is 4.07. The molecule has 32 heavy (non-hydrogen) atoms. The molecule has 1 fully saturated rings. The number of hydrogen-bond donors (Lipinski definition) is 2. The van der Waals surface area contributed by atoms with Gasteiger partial charge in [0.2, 0.25) is 0 Å². The molecule has 0 atom stereocenters. The lowest BCUT2D eigenvalue weighted by Crippen LogP contribution is -2.40. The maximum atomic E-state index is 12.8. The minimum absolute atomic E-state index is 0.122. The van der Waals surface area contributed by atoms with E-state index in [1.807, 2.05) is 72.1 Å². The fourth-order valence-corrected chi connectivity index (χ4v) is 4.78. The van der Waals surface area contributed by atoms with Gasteiger partial charge in [0.05, 0.1) is 16.8 Å². The first-order valence-electron chi connectivity index (χ1n) is 10.8. The van der Waals surface area contributed by atoms with Crippen LogP contribution in [0.4, 0.5) is 0 Å². The third-order valence-electron chi connectivity index (χ3n) is 6.36. The van der Waals surface area contributed by atoms with Gasteiger partial charge in [-0.2, -0.15) is 0 Å². The lowest BCUT2D eigenvalue weighted by molar-refractivity contribution is -0.0335. The topological polar surface area (TPSA) is 83.3 Å². The van der Waals surface area contributed by atoms with Crippen LogP contribution in [0.3, 0.4) is 0 Å². The number of hydrogen-bond acceptors (Lipinski definition) is 4. The van der Waals surface area contributed by atoms with E-state index in [0.717, 1.165) is 33.5 Å². The number of rotatable bonds is 3. The van der Waals surface area contributed by atoms with Crippen molar-refractivity contribution in [3.63, 3.8) is 0 Å². The molecule has 6 nitrogen and oxygen atoms in total. The minimum atomic E-state index is -0.668. The first kappa shape index (κ1) is 19.0. The van der Waals surface area contributed by atoms with Crippen LogP contribution < -0.4 is 5.56 Å². The average molecular weight is 422 g/mol. The van der Waals surface area contributed by atoms with Crippen LogP contribution in [0.5, 0.6) is 0 Å². The molecule has 158 valence electrons. The summed E-state index contributed by atoms with van der Waals surface area (Å²) in [6, 6.07) is 20.2. The molecule has 0 unspecified atom stereocenters. The van der Waals surface area contributed by atoms with Gasteiger partial charge in [0, 0.05) is 34.8 Å². The largest absolute Gasteiger partial charge is 0.390 e. The van der Waals surface area contributed by atoms with Crippen molar-refractivity contribution in [2.75, 3.05) is 0 Å². The number of nitrogens with zero attached hydrogens (tertiary/aromatic N) is 3. The summed E-state index contributed by atoms with van der Waals surface area (Å²) in [4.78, 5) is 25.3. The van der Waals surface area contributed by atoms with Crippen LogP contribution in [0, 0.1) is 0 Å². The first-order valence-corrected chi connectivity index (χ1v) is 10.8. The van der Waals surface area contributed by atoms with Crippen molar-refractivity contribution in [2.45, 2.75) is 31.3 Å². The molecule has 0 bridgehead atoms. The van der Waals surface area contributed by atoms with E-state index in [2.05, 4.69) is 11.1 Å². The molecule has 0 amide bonds. The van der Waals surface area contributed by atoms with E-state index in [1.54, 1.807) is 6.20 Å². The highest BCUT2D eigenvalue weighted by molar-refractivity contribution is 5.88. The Hall–Kier alpha value is -3.77. The molecule has 0 radical (unpaired) electrons. The minimum Gasteiger partial charge on any atom is -0.390 e. The highest BCUT2D eigenvalue weighted by Crippen LogP contribution is 2.44. The second-order valence-electron chi connectivity index (χ2n) is 8.90. The van der Waals surface area contributed by atoms with Crippen molar-refractivity contribution >= 4 is 16.4 Å². The number of H-pyrrole nitrogens is 1. The van der Waals surface area contributed by atoms with Crippen LogP contribution in [0.1, 0.15) is 31.5 Å². The van der Waals surface area contributed by atoms with Crippen LogP contribution in [0.2, 0.25) is 0 Å². The van der Waals surface area contributed by atoms with Crippen molar-refractivity contribution in [1.82, 2.24) is 19.4 Å². The molecular weight excluding hydrogens is 400 g/mol. The molecule has 0 spiro atoms. The summed E-state index contributed by atoms with van der Waals surface area (Å²) in [7, 11) is 0. The van der Waals surface area contributed by atoms with Crippen molar-refractivity contribution in [3.05, 3.63) is 89.2 Å². The molecule has 6 rings (SSSR count). The monoisotopic (exact) mass is 422 g/mol. The van der Waals surface area contributed by atoms with E-state index in [4.69, 9.17) is 9.97 Å². The normalized spacial score (nSPS) is 20.5. The number of benzene rings is 2. The highest BCUT2D eigenvalue weighted by Gasteiger charge is 2.41. The van der Waals surface area contributed by atoms with Gasteiger partial charge >= 0.3 is 0 Å². The third-order valence-corrected chi connectivity index (χ3v) is 6.36. The summed E-state index contributed by atoms with van der Waals surface area (Å²) in [6.45, 7) is 1.84. The number of aromatic amines is 1. The number of fused-ring (bicyclic) bond motifs is 2. The SMILES string of the molecule is CC1(O)CC(c2nc(-c3ccc4ccc(-c5ccccc5)nc4c3)c3c(=O)[nH]ccn23)C1. The maximum absolute atomic E-state index is 12.8. The lowest BCUT2D eigenvalue weighted by atomic mass is 9.72. The fraction of sp³-hybridized carbons (Fsp3) is 0.192. The predicted octanol–water partition coefficient (Wildman–Crippen LogP) is 4.53. The van der Waals surface area contributed by atoms with Crippen LogP contribution in [0.25, 0.3) is 38.9 Å². The van der Waals surface area contributed by atoms with Crippen LogP contribution in [-0.4, -0.2) is 30.1 Å². The van der Waals surface area contributed by atoms with Crippen molar-refractivity contribution in [2.24, 2.45) is 0 Å². The molecule has 3 aromatic heterocycles. The van der Waals surface area contributed by atoms with Crippen LogP contribution in [0.15, 0.2) is 77.9 Å². The Balaban J connectivity index is 1.51. The molecule has 1 saturated carbocycles. The molecular formula is C26H22N4O2. The molecule has 0 aliphatic heterocycles.